The van der Waals surface area contributed by atoms with Gasteiger partial charge in [0.15, 0.2) is 5.43 Å². The average molecular weight is 577 g/mol. The van der Waals surface area contributed by atoms with Crippen molar-refractivity contribution in [1.82, 2.24) is 29.5 Å². The third-order valence-corrected chi connectivity index (χ3v) is 8.00. The van der Waals surface area contributed by atoms with Crippen LogP contribution in [0.15, 0.2) is 89.1 Å². The smallest absolute Gasteiger partial charge is 0.263 e. The quantitative estimate of drug-likeness (QED) is 0.280. The molecule has 2 N–H and O–H groups in total. The van der Waals surface area contributed by atoms with Crippen LogP contribution in [0.3, 0.4) is 0 Å². The van der Waals surface area contributed by atoms with Gasteiger partial charge >= 0.3 is 0 Å². The second-order valence-corrected chi connectivity index (χ2v) is 10.5. The molecule has 5 heterocycles. The van der Waals surface area contributed by atoms with Crippen LogP contribution in [-0.4, -0.2) is 42.6 Å². The Hall–Kier alpha value is -5.09. The highest BCUT2D eigenvalue weighted by Crippen LogP contribution is 2.36. The Bertz CT molecular complexity index is 2070. The maximum atomic E-state index is 14.5. The Morgan fingerprint density at radius 2 is 1.71 bits per heavy atom. The van der Waals surface area contributed by atoms with E-state index in [0.29, 0.717) is 55.5 Å². The van der Waals surface area contributed by atoms with Gasteiger partial charge in [-0.05, 0) is 31.0 Å². The first-order chi connectivity index (χ1) is 20.5. The molecule has 11 heteroatoms. The van der Waals surface area contributed by atoms with Gasteiger partial charge in [-0.25, -0.2) is 19.9 Å². The molecule has 2 aromatic carbocycles. The van der Waals surface area contributed by atoms with Gasteiger partial charge in [0.05, 0.1) is 22.1 Å². The van der Waals surface area contributed by atoms with Gasteiger partial charge in [0.2, 0.25) is 5.95 Å². The number of H-pyrrole nitrogens is 1. The monoisotopic (exact) mass is 576 g/mol. The predicted octanol–water partition coefficient (Wildman–Crippen LogP) is 5.12. The fraction of sp³-hybridized carbons (Fsp3) is 0.161. The number of fused-ring (bicyclic) bond motifs is 2. The van der Waals surface area contributed by atoms with Gasteiger partial charge in [0, 0.05) is 54.4 Å². The molecule has 0 spiro atoms. The maximum absolute atomic E-state index is 14.5. The molecule has 1 aliphatic heterocycles. The summed E-state index contributed by atoms with van der Waals surface area (Å²) in [5.74, 6) is 1.02. The van der Waals surface area contributed by atoms with Crippen LogP contribution in [0, 0.1) is 0 Å². The Balaban J connectivity index is 1.42. The number of hydrogen-bond acceptors (Lipinski definition) is 8. The standard InChI is InChI=1S/C31H25ClN8O2/c1-18(38-29-25-23(41)11-12-33-28(25)36-17-37-29)27-26(32)22-10-5-9-21(19-15-34-31(35-16-19)39-13-6-14-39)24(22)30(42)40(27)20-7-3-2-4-8-20/h2-5,7-12,15-18H,6,13-14H2,1H3,(H2,33,36,37,38,41)/t18-/m0/s1. The highest BCUT2D eigenvalue weighted by atomic mass is 35.5. The van der Waals surface area contributed by atoms with E-state index in [4.69, 9.17) is 11.6 Å². The van der Waals surface area contributed by atoms with Crippen molar-refractivity contribution in [3.05, 3.63) is 111 Å². The molecule has 1 saturated heterocycles. The zero-order valence-corrected chi connectivity index (χ0v) is 23.3. The van der Waals surface area contributed by atoms with Crippen LogP contribution in [0.4, 0.5) is 11.8 Å². The SMILES string of the molecule is C[C@H](Nc1ncnc2[nH]ccc(=O)c12)c1c(Cl)c2cccc(-c3cnc(N4CCC4)nc3)c2c(=O)n1-c1ccccc1. The minimum atomic E-state index is -0.532. The minimum Gasteiger partial charge on any atom is -0.361 e. The zero-order valence-electron chi connectivity index (χ0n) is 22.6. The van der Waals surface area contributed by atoms with E-state index < -0.39 is 6.04 Å². The fourth-order valence-electron chi connectivity index (χ4n) is 5.41. The van der Waals surface area contributed by atoms with Crippen molar-refractivity contribution in [1.29, 1.82) is 0 Å². The summed E-state index contributed by atoms with van der Waals surface area (Å²) in [6, 6.07) is 15.8. The summed E-state index contributed by atoms with van der Waals surface area (Å²) < 4.78 is 1.62. The summed E-state index contributed by atoms with van der Waals surface area (Å²) in [6.07, 6.45) is 7.56. The zero-order chi connectivity index (χ0) is 28.8. The summed E-state index contributed by atoms with van der Waals surface area (Å²) in [5, 5.41) is 5.11. The average Bonchev–Trinajstić information content (AvgIpc) is 2.98. The van der Waals surface area contributed by atoms with Gasteiger partial charge in [0.25, 0.3) is 5.56 Å². The van der Waals surface area contributed by atoms with Crippen LogP contribution in [0.5, 0.6) is 0 Å². The van der Waals surface area contributed by atoms with Crippen molar-refractivity contribution in [2.24, 2.45) is 0 Å². The van der Waals surface area contributed by atoms with Gasteiger partial charge in [-0.2, -0.15) is 0 Å². The molecule has 42 heavy (non-hydrogen) atoms. The van der Waals surface area contributed by atoms with Crippen LogP contribution < -0.4 is 21.2 Å². The van der Waals surface area contributed by atoms with E-state index in [-0.39, 0.29) is 11.0 Å². The lowest BCUT2D eigenvalue weighted by atomic mass is 9.99. The Kier molecular flexibility index (Phi) is 6.39. The molecule has 1 aliphatic rings. The number of benzene rings is 2. The van der Waals surface area contributed by atoms with Crippen molar-refractivity contribution in [3.63, 3.8) is 0 Å². The van der Waals surface area contributed by atoms with E-state index in [1.807, 2.05) is 55.5 Å². The lowest BCUT2D eigenvalue weighted by molar-refractivity contribution is 0.600. The van der Waals surface area contributed by atoms with E-state index in [1.165, 1.54) is 12.4 Å². The molecular formula is C31H25ClN8O2. The van der Waals surface area contributed by atoms with Gasteiger partial charge in [-0.15, -0.1) is 0 Å². The first-order valence-electron chi connectivity index (χ1n) is 13.6. The molecule has 7 rings (SSSR count). The highest BCUT2D eigenvalue weighted by molar-refractivity contribution is 6.36. The topological polar surface area (TPSA) is 122 Å². The third-order valence-electron chi connectivity index (χ3n) is 7.60. The summed E-state index contributed by atoms with van der Waals surface area (Å²) >= 11 is 7.19. The third kappa shape index (κ3) is 4.27. The van der Waals surface area contributed by atoms with Crippen molar-refractivity contribution in [2.75, 3.05) is 23.3 Å². The molecule has 0 radical (unpaired) electrons. The molecule has 0 saturated carbocycles. The van der Waals surface area contributed by atoms with Gasteiger partial charge in [-0.1, -0.05) is 48.0 Å². The summed E-state index contributed by atoms with van der Waals surface area (Å²) in [4.78, 5) is 50.0. The normalized spacial score (nSPS) is 13.7. The summed E-state index contributed by atoms with van der Waals surface area (Å²) in [6.45, 7) is 3.77. The van der Waals surface area contributed by atoms with Crippen LogP contribution in [0.2, 0.25) is 5.02 Å². The van der Waals surface area contributed by atoms with Gasteiger partial charge < -0.3 is 15.2 Å². The van der Waals surface area contributed by atoms with Crippen LogP contribution >= 0.6 is 11.6 Å². The predicted molar refractivity (Wildman–Crippen MR) is 165 cm³/mol. The number of para-hydroxylation sites is 1. The summed E-state index contributed by atoms with van der Waals surface area (Å²) in [5.41, 5.74) is 2.54. The number of aromatic nitrogens is 6. The maximum Gasteiger partial charge on any atom is 0.263 e. The van der Waals surface area contributed by atoms with Crippen molar-refractivity contribution in [2.45, 2.75) is 19.4 Å². The largest absolute Gasteiger partial charge is 0.361 e. The lowest BCUT2D eigenvalue weighted by Gasteiger charge is -2.30. The number of halogens is 1. The van der Waals surface area contributed by atoms with Crippen molar-refractivity contribution < 1.29 is 0 Å². The Morgan fingerprint density at radius 1 is 0.929 bits per heavy atom. The molecule has 4 aromatic heterocycles. The van der Waals surface area contributed by atoms with E-state index in [1.54, 1.807) is 23.2 Å². The molecule has 208 valence electrons. The van der Waals surface area contributed by atoms with Crippen molar-refractivity contribution >= 4 is 45.2 Å². The molecule has 10 nitrogen and oxygen atoms in total. The van der Waals surface area contributed by atoms with E-state index in [9.17, 15) is 9.59 Å². The number of hydrogen-bond donors (Lipinski definition) is 2. The fourth-order valence-corrected chi connectivity index (χ4v) is 5.82. The molecular weight excluding hydrogens is 552 g/mol. The van der Waals surface area contributed by atoms with E-state index >= 15 is 0 Å². The molecule has 1 fully saturated rings. The highest BCUT2D eigenvalue weighted by Gasteiger charge is 2.25. The van der Waals surface area contributed by atoms with E-state index in [0.717, 1.165) is 25.1 Å². The van der Waals surface area contributed by atoms with Gasteiger partial charge in [-0.3, -0.25) is 14.2 Å². The number of nitrogens with zero attached hydrogens (tertiary/aromatic N) is 6. The minimum absolute atomic E-state index is 0.226. The number of aromatic amines is 1. The number of pyridine rings is 2. The molecule has 0 bridgehead atoms. The van der Waals surface area contributed by atoms with Crippen LogP contribution in [0.1, 0.15) is 25.1 Å². The number of nitrogens with one attached hydrogen (secondary N) is 2. The second-order valence-electron chi connectivity index (χ2n) is 10.2. The Morgan fingerprint density at radius 3 is 2.45 bits per heavy atom. The molecule has 0 amide bonds. The molecule has 0 unspecified atom stereocenters. The first-order valence-corrected chi connectivity index (χ1v) is 14.0. The summed E-state index contributed by atoms with van der Waals surface area (Å²) in [7, 11) is 0. The lowest BCUT2D eigenvalue weighted by Crippen LogP contribution is -2.38. The van der Waals surface area contributed by atoms with Crippen molar-refractivity contribution in [3.8, 4) is 16.8 Å². The molecule has 1 atom stereocenters. The number of rotatable bonds is 6. The number of anilines is 2. The Labute approximate surface area is 244 Å². The van der Waals surface area contributed by atoms with Crippen LogP contribution in [-0.2, 0) is 0 Å². The van der Waals surface area contributed by atoms with Gasteiger partial charge in [0.1, 0.15) is 23.2 Å². The molecule has 6 aromatic rings. The van der Waals surface area contributed by atoms with Crippen LogP contribution in [0.25, 0.3) is 38.6 Å². The first kappa shape index (κ1) is 25.8. The second kappa shape index (κ2) is 10.4. The van der Waals surface area contributed by atoms with E-state index in [2.05, 4.69) is 35.1 Å². The molecule has 0 aliphatic carbocycles.